The number of amides is 1. The highest BCUT2D eigenvalue weighted by molar-refractivity contribution is 7.99. The number of benzene rings is 2. The van der Waals surface area contributed by atoms with Crippen LogP contribution < -0.4 is 4.90 Å². The van der Waals surface area contributed by atoms with Crippen LogP contribution in [0.5, 0.6) is 0 Å². The molecule has 1 saturated heterocycles. The SMILES string of the molecule is O=C(CCCSc1ccc(F)cc1)N(CC1CCCO1)c1nc2c(F)cccc2s1. The zero-order valence-corrected chi connectivity index (χ0v) is 18.0. The number of anilines is 1. The van der Waals surface area contributed by atoms with Crippen LogP contribution in [0.2, 0.25) is 0 Å². The number of thiazole rings is 1. The summed E-state index contributed by atoms with van der Waals surface area (Å²) in [5.74, 6) is 0.0750. The van der Waals surface area contributed by atoms with Gasteiger partial charge in [0.05, 0.1) is 17.3 Å². The molecule has 0 N–H and O–H groups in total. The number of carbonyl (C=O) groups excluding carboxylic acids is 1. The lowest BCUT2D eigenvalue weighted by Crippen LogP contribution is -2.37. The van der Waals surface area contributed by atoms with E-state index in [1.54, 1.807) is 34.9 Å². The van der Waals surface area contributed by atoms with Gasteiger partial charge in [-0.2, -0.15) is 0 Å². The summed E-state index contributed by atoms with van der Waals surface area (Å²) in [5, 5.41) is 0.516. The minimum Gasteiger partial charge on any atom is -0.376 e. The number of rotatable bonds is 8. The number of aromatic nitrogens is 1. The maximum absolute atomic E-state index is 14.1. The van der Waals surface area contributed by atoms with Gasteiger partial charge in [-0.25, -0.2) is 13.8 Å². The van der Waals surface area contributed by atoms with Crippen molar-refractivity contribution in [3.8, 4) is 0 Å². The fourth-order valence-corrected chi connectivity index (χ4v) is 5.24. The summed E-state index contributed by atoms with van der Waals surface area (Å²) in [5.41, 5.74) is 0.300. The van der Waals surface area contributed by atoms with Crippen LogP contribution >= 0.6 is 23.1 Å². The number of hydrogen-bond acceptors (Lipinski definition) is 5. The van der Waals surface area contributed by atoms with E-state index >= 15 is 0 Å². The maximum Gasteiger partial charge on any atom is 0.228 e. The van der Waals surface area contributed by atoms with Crippen molar-refractivity contribution >= 4 is 44.4 Å². The van der Waals surface area contributed by atoms with E-state index in [-0.39, 0.29) is 23.6 Å². The fraction of sp³-hybridized carbons (Fsp3) is 0.364. The van der Waals surface area contributed by atoms with Crippen LogP contribution in [-0.2, 0) is 9.53 Å². The van der Waals surface area contributed by atoms with Gasteiger partial charge in [0.15, 0.2) is 5.13 Å². The van der Waals surface area contributed by atoms with E-state index in [4.69, 9.17) is 4.74 Å². The highest BCUT2D eigenvalue weighted by Crippen LogP contribution is 2.32. The van der Waals surface area contributed by atoms with Gasteiger partial charge in [0.25, 0.3) is 0 Å². The van der Waals surface area contributed by atoms with Crippen LogP contribution in [0.15, 0.2) is 47.4 Å². The van der Waals surface area contributed by atoms with Crippen molar-refractivity contribution in [1.29, 1.82) is 0 Å². The third-order valence-electron chi connectivity index (χ3n) is 4.92. The summed E-state index contributed by atoms with van der Waals surface area (Å²) in [6.07, 6.45) is 2.92. The molecule has 0 saturated carbocycles. The third-order valence-corrected chi connectivity index (χ3v) is 7.06. The Morgan fingerprint density at radius 2 is 2.07 bits per heavy atom. The topological polar surface area (TPSA) is 42.4 Å². The average Bonchev–Trinajstić information content (AvgIpc) is 3.41. The van der Waals surface area contributed by atoms with Gasteiger partial charge in [-0.05, 0) is 61.4 Å². The van der Waals surface area contributed by atoms with Gasteiger partial charge in [0.2, 0.25) is 5.91 Å². The summed E-state index contributed by atoms with van der Waals surface area (Å²) in [6.45, 7) is 1.14. The standard InChI is InChI=1S/C22H22F2N2O2S2/c23-15-8-10-17(11-9-15)29-13-3-7-20(27)26(14-16-4-2-12-28-16)22-25-21-18(24)5-1-6-19(21)30-22/h1,5-6,8-11,16H,2-4,7,12-14H2. The average molecular weight is 449 g/mol. The Balaban J connectivity index is 1.42. The van der Waals surface area contributed by atoms with E-state index in [1.165, 1.54) is 29.5 Å². The lowest BCUT2D eigenvalue weighted by atomic mass is 10.2. The second-order valence-electron chi connectivity index (χ2n) is 7.13. The number of para-hydroxylation sites is 1. The number of halogens is 2. The number of thioether (sulfide) groups is 1. The normalized spacial score (nSPS) is 16.3. The van der Waals surface area contributed by atoms with E-state index in [0.29, 0.717) is 36.6 Å². The van der Waals surface area contributed by atoms with Crippen LogP contribution in [0, 0.1) is 11.6 Å². The van der Waals surface area contributed by atoms with Crippen LogP contribution in [0.1, 0.15) is 25.7 Å². The molecular formula is C22H22F2N2O2S2. The lowest BCUT2D eigenvalue weighted by Gasteiger charge is -2.23. The van der Waals surface area contributed by atoms with Gasteiger partial charge in [0, 0.05) is 17.9 Å². The first-order valence-corrected chi connectivity index (χ1v) is 11.8. The van der Waals surface area contributed by atoms with Crippen molar-refractivity contribution in [3.05, 3.63) is 54.1 Å². The Morgan fingerprint density at radius 1 is 1.23 bits per heavy atom. The summed E-state index contributed by atoms with van der Waals surface area (Å²) in [4.78, 5) is 20.1. The fourth-order valence-electron chi connectivity index (χ4n) is 3.38. The lowest BCUT2D eigenvalue weighted by molar-refractivity contribution is -0.119. The Morgan fingerprint density at radius 3 is 2.80 bits per heavy atom. The molecule has 1 aliphatic heterocycles. The molecule has 1 atom stereocenters. The maximum atomic E-state index is 14.1. The highest BCUT2D eigenvalue weighted by atomic mass is 32.2. The minimum atomic E-state index is -0.379. The van der Waals surface area contributed by atoms with E-state index in [1.807, 2.05) is 6.07 Å². The zero-order valence-electron chi connectivity index (χ0n) is 16.4. The summed E-state index contributed by atoms with van der Waals surface area (Å²) < 4.78 is 33.5. The molecule has 1 fully saturated rings. The van der Waals surface area contributed by atoms with Gasteiger partial charge in [0.1, 0.15) is 17.2 Å². The largest absolute Gasteiger partial charge is 0.376 e. The number of ether oxygens (including phenoxy) is 1. The molecule has 0 spiro atoms. The third kappa shape index (κ3) is 5.17. The van der Waals surface area contributed by atoms with Crippen molar-refractivity contribution in [3.63, 3.8) is 0 Å². The van der Waals surface area contributed by atoms with Gasteiger partial charge in [-0.15, -0.1) is 11.8 Å². The van der Waals surface area contributed by atoms with Gasteiger partial charge in [-0.1, -0.05) is 17.4 Å². The molecule has 1 unspecified atom stereocenters. The van der Waals surface area contributed by atoms with E-state index in [9.17, 15) is 13.6 Å². The molecule has 0 bridgehead atoms. The molecule has 8 heteroatoms. The quantitative estimate of drug-likeness (QED) is 0.329. The molecule has 158 valence electrons. The summed E-state index contributed by atoms with van der Waals surface area (Å²) in [7, 11) is 0. The van der Waals surface area contributed by atoms with Crippen molar-refractivity contribution in [2.75, 3.05) is 23.8 Å². The molecule has 2 aromatic carbocycles. The first-order chi connectivity index (χ1) is 14.6. The molecule has 1 amide bonds. The van der Waals surface area contributed by atoms with Crippen LogP contribution in [0.4, 0.5) is 13.9 Å². The number of fused-ring (bicyclic) bond motifs is 1. The predicted molar refractivity (Wildman–Crippen MR) is 117 cm³/mol. The zero-order chi connectivity index (χ0) is 20.9. The second-order valence-corrected chi connectivity index (χ2v) is 9.31. The molecule has 1 aliphatic rings. The molecule has 4 nitrogen and oxygen atoms in total. The van der Waals surface area contributed by atoms with Crippen molar-refractivity contribution < 1.29 is 18.3 Å². The summed E-state index contributed by atoms with van der Waals surface area (Å²) in [6, 6.07) is 11.2. The Kier molecular flexibility index (Phi) is 6.97. The molecule has 0 aliphatic carbocycles. The summed E-state index contributed by atoms with van der Waals surface area (Å²) >= 11 is 2.92. The number of hydrogen-bond donors (Lipinski definition) is 0. The Labute approximate surface area is 182 Å². The highest BCUT2D eigenvalue weighted by Gasteiger charge is 2.26. The smallest absolute Gasteiger partial charge is 0.228 e. The van der Waals surface area contributed by atoms with Crippen LogP contribution in [0.3, 0.4) is 0 Å². The van der Waals surface area contributed by atoms with E-state index in [2.05, 4.69) is 4.98 Å². The predicted octanol–water partition coefficient (Wildman–Crippen LogP) is 5.66. The second kappa shape index (κ2) is 9.85. The van der Waals surface area contributed by atoms with E-state index < -0.39 is 0 Å². The number of carbonyl (C=O) groups is 1. The molecular weight excluding hydrogens is 426 g/mol. The molecule has 2 heterocycles. The van der Waals surface area contributed by atoms with Crippen molar-refractivity contribution in [1.82, 2.24) is 4.98 Å². The van der Waals surface area contributed by atoms with E-state index in [0.717, 1.165) is 28.2 Å². The van der Waals surface area contributed by atoms with Gasteiger partial charge in [-0.3, -0.25) is 9.69 Å². The molecule has 30 heavy (non-hydrogen) atoms. The molecule has 4 rings (SSSR count). The van der Waals surface area contributed by atoms with Crippen LogP contribution in [-0.4, -0.2) is 35.9 Å². The Hall–Kier alpha value is -2.03. The van der Waals surface area contributed by atoms with Gasteiger partial charge >= 0.3 is 0 Å². The monoisotopic (exact) mass is 448 g/mol. The van der Waals surface area contributed by atoms with Crippen molar-refractivity contribution in [2.24, 2.45) is 0 Å². The first kappa shape index (κ1) is 21.2. The molecule has 1 aromatic heterocycles. The van der Waals surface area contributed by atoms with Crippen molar-refractivity contribution in [2.45, 2.75) is 36.7 Å². The van der Waals surface area contributed by atoms with Gasteiger partial charge < -0.3 is 4.74 Å². The Bertz CT molecular complexity index is 1000. The first-order valence-electron chi connectivity index (χ1n) is 9.95. The molecule has 0 radical (unpaired) electrons. The van der Waals surface area contributed by atoms with Crippen LogP contribution in [0.25, 0.3) is 10.2 Å². The number of nitrogens with zero attached hydrogens (tertiary/aromatic N) is 2. The minimum absolute atomic E-state index is 0.0144. The molecule has 3 aromatic rings.